The van der Waals surface area contributed by atoms with Crippen molar-refractivity contribution in [2.45, 2.75) is 0 Å². The van der Waals surface area contributed by atoms with E-state index in [1.165, 1.54) is 16.7 Å². The Labute approximate surface area is 146 Å². The molecule has 1 aromatic carbocycles. The maximum Gasteiger partial charge on any atom is 0.270 e. The van der Waals surface area contributed by atoms with E-state index in [9.17, 15) is 4.79 Å². The van der Waals surface area contributed by atoms with Gasteiger partial charge in [0.05, 0.1) is 20.6 Å². The molecule has 0 unspecified atom stereocenters. The Morgan fingerprint density at radius 2 is 2.05 bits per heavy atom. The first-order valence-electron chi connectivity index (χ1n) is 6.19. The summed E-state index contributed by atoms with van der Waals surface area (Å²) in [6, 6.07) is 8.67. The number of aromatic nitrogens is 1. The molecule has 1 saturated heterocycles. The van der Waals surface area contributed by atoms with Crippen molar-refractivity contribution >= 4 is 69.2 Å². The number of pyridine rings is 1. The SMILES string of the molecule is O=C1C(=Cc2cccnc2)SC(=S)N1c1ccc(Cl)c(Cl)c1. The van der Waals surface area contributed by atoms with Gasteiger partial charge in [-0.2, -0.15) is 0 Å². The number of rotatable bonds is 2. The second kappa shape index (κ2) is 6.38. The number of anilines is 1. The molecule has 0 spiro atoms. The van der Waals surface area contributed by atoms with Gasteiger partial charge in [0.1, 0.15) is 0 Å². The number of hydrogen-bond donors (Lipinski definition) is 0. The Morgan fingerprint density at radius 3 is 2.73 bits per heavy atom. The maximum atomic E-state index is 12.6. The predicted octanol–water partition coefficient (Wildman–Crippen LogP) is 4.79. The van der Waals surface area contributed by atoms with E-state index in [1.54, 1.807) is 36.7 Å². The Balaban J connectivity index is 1.95. The molecule has 110 valence electrons. The minimum absolute atomic E-state index is 0.183. The second-order valence-electron chi connectivity index (χ2n) is 4.40. The summed E-state index contributed by atoms with van der Waals surface area (Å²) >= 11 is 18.5. The van der Waals surface area contributed by atoms with Crippen molar-refractivity contribution in [3.63, 3.8) is 0 Å². The summed E-state index contributed by atoms with van der Waals surface area (Å²) in [5.41, 5.74) is 1.45. The predicted molar refractivity (Wildman–Crippen MR) is 96.4 cm³/mol. The van der Waals surface area contributed by atoms with Crippen molar-refractivity contribution in [3.05, 3.63) is 63.2 Å². The van der Waals surface area contributed by atoms with Crippen LogP contribution in [-0.2, 0) is 4.79 Å². The lowest BCUT2D eigenvalue weighted by Crippen LogP contribution is -2.27. The monoisotopic (exact) mass is 366 g/mol. The fraction of sp³-hybridized carbons (Fsp3) is 0. The van der Waals surface area contributed by atoms with Gasteiger partial charge in [-0.15, -0.1) is 0 Å². The van der Waals surface area contributed by atoms with Crippen LogP contribution in [0.1, 0.15) is 5.56 Å². The number of thioether (sulfide) groups is 1. The van der Waals surface area contributed by atoms with Gasteiger partial charge < -0.3 is 0 Å². The molecule has 1 aromatic heterocycles. The van der Waals surface area contributed by atoms with Crippen LogP contribution in [0.4, 0.5) is 5.69 Å². The molecule has 1 aliphatic heterocycles. The molecule has 0 bridgehead atoms. The minimum atomic E-state index is -0.183. The van der Waals surface area contributed by atoms with Crippen molar-refractivity contribution in [1.29, 1.82) is 0 Å². The Morgan fingerprint density at radius 1 is 1.23 bits per heavy atom. The zero-order valence-corrected chi connectivity index (χ0v) is 14.1. The summed E-state index contributed by atoms with van der Waals surface area (Å²) in [5, 5.41) is 0.811. The van der Waals surface area contributed by atoms with E-state index in [4.69, 9.17) is 35.4 Å². The number of thiocarbonyl (C=S) groups is 1. The molecule has 3 rings (SSSR count). The van der Waals surface area contributed by atoms with Crippen molar-refractivity contribution in [1.82, 2.24) is 4.98 Å². The first-order valence-corrected chi connectivity index (χ1v) is 8.17. The molecular weight excluding hydrogens is 359 g/mol. The van der Waals surface area contributed by atoms with E-state index in [1.807, 2.05) is 12.1 Å². The molecule has 7 heteroatoms. The van der Waals surface area contributed by atoms with E-state index in [0.717, 1.165) is 5.56 Å². The lowest BCUT2D eigenvalue weighted by molar-refractivity contribution is -0.113. The molecule has 0 radical (unpaired) electrons. The fourth-order valence-electron chi connectivity index (χ4n) is 1.93. The van der Waals surface area contributed by atoms with E-state index in [2.05, 4.69) is 4.98 Å². The standard InChI is InChI=1S/C15H8Cl2N2OS2/c16-11-4-3-10(7-12(11)17)19-14(20)13(22-15(19)21)6-9-2-1-5-18-8-9/h1-8H. The lowest BCUT2D eigenvalue weighted by atomic mass is 10.2. The summed E-state index contributed by atoms with van der Waals surface area (Å²) < 4.78 is 0.457. The van der Waals surface area contributed by atoms with Gasteiger partial charge in [0, 0.05) is 12.4 Å². The Bertz CT molecular complexity index is 793. The molecule has 0 aliphatic carbocycles. The van der Waals surface area contributed by atoms with Crippen molar-refractivity contribution in [2.75, 3.05) is 4.90 Å². The first-order chi connectivity index (χ1) is 10.6. The van der Waals surface area contributed by atoms with Crippen molar-refractivity contribution in [3.8, 4) is 0 Å². The summed E-state index contributed by atoms with van der Waals surface area (Å²) in [5.74, 6) is -0.183. The largest absolute Gasteiger partial charge is 0.270 e. The number of halogens is 2. The van der Waals surface area contributed by atoms with Crippen molar-refractivity contribution in [2.24, 2.45) is 0 Å². The highest BCUT2D eigenvalue weighted by molar-refractivity contribution is 8.27. The molecule has 1 aliphatic rings. The number of amides is 1. The van der Waals surface area contributed by atoms with Gasteiger partial charge in [0.15, 0.2) is 4.32 Å². The van der Waals surface area contributed by atoms with Gasteiger partial charge in [-0.3, -0.25) is 14.7 Å². The van der Waals surface area contributed by atoms with Crippen LogP contribution in [0.15, 0.2) is 47.6 Å². The van der Waals surface area contributed by atoms with Crippen molar-refractivity contribution < 1.29 is 4.79 Å². The molecule has 1 amide bonds. The third kappa shape index (κ3) is 3.03. The van der Waals surface area contributed by atoms with Gasteiger partial charge in [-0.1, -0.05) is 53.2 Å². The zero-order chi connectivity index (χ0) is 15.7. The highest BCUT2D eigenvalue weighted by Crippen LogP contribution is 2.37. The zero-order valence-electron chi connectivity index (χ0n) is 11.0. The minimum Gasteiger partial charge on any atom is -0.268 e. The number of hydrogen-bond acceptors (Lipinski definition) is 4. The van der Waals surface area contributed by atoms with Gasteiger partial charge >= 0.3 is 0 Å². The summed E-state index contributed by atoms with van der Waals surface area (Å²) in [6.45, 7) is 0. The average molecular weight is 367 g/mol. The van der Waals surface area contributed by atoms with E-state index >= 15 is 0 Å². The van der Waals surface area contributed by atoms with E-state index < -0.39 is 0 Å². The second-order valence-corrected chi connectivity index (χ2v) is 6.89. The fourth-order valence-corrected chi connectivity index (χ4v) is 3.52. The molecule has 22 heavy (non-hydrogen) atoms. The van der Waals surface area contributed by atoms with Gasteiger partial charge in [-0.05, 0) is 35.9 Å². The van der Waals surface area contributed by atoms with Crippen LogP contribution in [0.25, 0.3) is 6.08 Å². The van der Waals surface area contributed by atoms with Crippen LogP contribution < -0.4 is 4.90 Å². The van der Waals surface area contributed by atoms with Crippen LogP contribution in [0.3, 0.4) is 0 Å². The Hall–Kier alpha value is -1.40. The van der Waals surface area contributed by atoms with Crippen LogP contribution in [-0.4, -0.2) is 15.2 Å². The van der Waals surface area contributed by atoms with Crippen LogP contribution >= 0.6 is 47.2 Å². The van der Waals surface area contributed by atoms with Crippen LogP contribution in [0.5, 0.6) is 0 Å². The molecule has 2 aromatic rings. The molecule has 3 nitrogen and oxygen atoms in total. The molecular formula is C15H8Cl2N2OS2. The highest BCUT2D eigenvalue weighted by Gasteiger charge is 2.33. The van der Waals surface area contributed by atoms with Gasteiger partial charge in [0.25, 0.3) is 5.91 Å². The van der Waals surface area contributed by atoms with E-state index in [-0.39, 0.29) is 5.91 Å². The molecule has 2 heterocycles. The number of carbonyl (C=O) groups is 1. The van der Waals surface area contributed by atoms with Crippen LogP contribution in [0.2, 0.25) is 10.0 Å². The number of carbonyl (C=O) groups excluding carboxylic acids is 1. The molecule has 0 N–H and O–H groups in total. The van der Waals surface area contributed by atoms with Gasteiger partial charge in [-0.25, -0.2) is 0 Å². The molecule has 0 atom stereocenters. The first kappa shape index (κ1) is 15.5. The smallest absolute Gasteiger partial charge is 0.268 e. The normalized spacial score (nSPS) is 16.6. The van der Waals surface area contributed by atoms with E-state index in [0.29, 0.717) is 25.0 Å². The van der Waals surface area contributed by atoms with Gasteiger partial charge in [0.2, 0.25) is 0 Å². The molecule has 0 saturated carbocycles. The maximum absolute atomic E-state index is 12.6. The lowest BCUT2D eigenvalue weighted by Gasteiger charge is -2.15. The highest BCUT2D eigenvalue weighted by atomic mass is 35.5. The molecule has 1 fully saturated rings. The number of nitrogens with zero attached hydrogens (tertiary/aromatic N) is 2. The summed E-state index contributed by atoms with van der Waals surface area (Å²) in [4.78, 5) is 18.6. The quantitative estimate of drug-likeness (QED) is 0.564. The average Bonchev–Trinajstić information content (AvgIpc) is 2.78. The number of benzene rings is 1. The summed E-state index contributed by atoms with van der Waals surface area (Å²) in [6.07, 6.45) is 5.13. The summed E-state index contributed by atoms with van der Waals surface area (Å²) in [7, 11) is 0. The third-order valence-corrected chi connectivity index (χ3v) is 4.98. The topological polar surface area (TPSA) is 33.2 Å². The Kier molecular flexibility index (Phi) is 4.49. The van der Waals surface area contributed by atoms with Crippen LogP contribution in [0, 0.1) is 0 Å². The third-order valence-electron chi connectivity index (χ3n) is 2.94.